The Balaban J connectivity index is 2.05. The maximum Gasteiger partial charge on any atom is 0.242 e. The first-order valence-electron chi connectivity index (χ1n) is 7.00. The molecule has 1 fully saturated rings. The highest BCUT2D eigenvalue weighted by Gasteiger charge is 2.17. The molecule has 1 heterocycles. The fraction of sp³-hybridized carbons (Fsp3) is 0.571. The van der Waals surface area contributed by atoms with Crippen LogP contribution in [-0.2, 0) is 10.0 Å². The zero-order valence-electron chi connectivity index (χ0n) is 12.1. The van der Waals surface area contributed by atoms with Gasteiger partial charge in [0.2, 0.25) is 10.0 Å². The van der Waals surface area contributed by atoms with Crippen LogP contribution in [0, 0.1) is 0 Å². The first-order chi connectivity index (χ1) is 9.50. The van der Waals surface area contributed by atoms with Crippen molar-refractivity contribution in [1.82, 2.24) is 9.62 Å². The number of hydrogen-bond acceptors (Lipinski definition) is 4. The smallest absolute Gasteiger partial charge is 0.242 e. The number of sulfonamides is 1. The maximum absolute atomic E-state index is 12.0. The van der Waals surface area contributed by atoms with E-state index in [-0.39, 0.29) is 0 Å². The Hall–Kier alpha value is -1.11. The molecule has 1 unspecified atom stereocenters. The molecule has 6 heteroatoms. The molecule has 1 atom stereocenters. The molecule has 0 saturated carbocycles. The quantitative estimate of drug-likeness (QED) is 0.884. The monoisotopic (exact) mass is 297 g/mol. The lowest BCUT2D eigenvalue weighted by atomic mass is 10.1. The van der Waals surface area contributed by atoms with Gasteiger partial charge in [-0.05, 0) is 56.6 Å². The minimum absolute atomic E-state index is 0.329. The molecule has 2 rings (SSSR count). The molecule has 1 saturated heterocycles. The summed E-state index contributed by atoms with van der Waals surface area (Å²) in [6.45, 7) is 2.11. The Kier molecular flexibility index (Phi) is 5.01. The molecule has 112 valence electrons. The van der Waals surface area contributed by atoms with Crippen molar-refractivity contribution in [3.05, 3.63) is 24.3 Å². The molecule has 1 aliphatic heterocycles. The van der Waals surface area contributed by atoms with Crippen molar-refractivity contribution < 1.29 is 8.42 Å². The zero-order chi connectivity index (χ0) is 14.6. The van der Waals surface area contributed by atoms with Crippen molar-refractivity contribution in [1.29, 1.82) is 0 Å². The highest BCUT2D eigenvalue weighted by Crippen LogP contribution is 2.19. The first kappa shape index (κ1) is 15.3. The number of rotatable bonds is 4. The van der Waals surface area contributed by atoms with Gasteiger partial charge in [-0.3, -0.25) is 0 Å². The van der Waals surface area contributed by atoms with E-state index in [4.69, 9.17) is 0 Å². The molecule has 1 aromatic carbocycles. The van der Waals surface area contributed by atoms with Crippen LogP contribution in [0.3, 0.4) is 0 Å². The van der Waals surface area contributed by atoms with E-state index in [0.717, 1.165) is 31.6 Å². The second kappa shape index (κ2) is 6.56. The lowest BCUT2D eigenvalue weighted by Gasteiger charge is -2.18. The van der Waals surface area contributed by atoms with Gasteiger partial charge in [0.1, 0.15) is 0 Å². The van der Waals surface area contributed by atoms with Crippen LogP contribution in [-0.4, -0.2) is 45.9 Å². The van der Waals surface area contributed by atoms with Gasteiger partial charge in [-0.2, -0.15) is 0 Å². The number of nitrogens with zero attached hydrogens (tertiary/aromatic N) is 1. The third-order valence-electron chi connectivity index (χ3n) is 3.58. The average Bonchev–Trinajstić information content (AvgIpc) is 2.68. The summed E-state index contributed by atoms with van der Waals surface area (Å²) in [6, 6.07) is 7.46. The third-order valence-corrected chi connectivity index (χ3v) is 5.41. The molecule has 0 spiro atoms. The summed E-state index contributed by atoms with van der Waals surface area (Å²) in [5, 5.41) is 6.86. The van der Waals surface area contributed by atoms with E-state index >= 15 is 0 Å². The second-order valence-corrected chi connectivity index (χ2v) is 7.49. The van der Waals surface area contributed by atoms with E-state index in [1.165, 1.54) is 10.7 Å². The van der Waals surface area contributed by atoms with Crippen LogP contribution in [0.4, 0.5) is 5.69 Å². The lowest BCUT2D eigenvalue weighted by Crippen LogP contribution is -2.23. The molecule has 0 bridgehead atoms. The van der Waals surface area contributed by atoms with Crippen LogP contribution < -0.4 is 10.6 Å². The summed E-state index contributed by atoms with van der Waals surface area (Å²) in [5.74, 6) is 0. The van der Waals surface area contributed by atoms with Gasteiger partial charge in [0.25, 0.3) is 0 Å². The number of anilines is 1. The molecule has 1 aromatic rings. The van der Waals surface area contributed by atoms with E-state index in [9.17, 15) is 8.42 Å². The highest BCUT2D eigenvalue weighted by atomic mass is 32.2. The van der Waals surface area contributed by atoms with Gasteiger partial charge in [0.15, 0.2) is 0 Å². The number of hydrogen-bond donors (Lipinski definition) is 2. The van der Waals surface area contributed by atoms with E-state index in [0.29, 0.717) is 10.9 Å². The predicted molar refractivity (Wildman–Crippen MR) is 81.4 cm³/mol. The molecule has 0 aliphatic carbocycles. The normalized spacial score (nSPS) is 20.6. The van der Waals surface area contributed by atoms with Gasteiger partial charge in [-0.25, -0.2) is 12.7 Å². The summed E-state index contributed by atoms with van der Waals surface area (Å²) in [5.41, 5.74) is 0.981. The van der Waals surface area contributed by atoms with Gasteiger partial charge >= 0.3 is 0 Å². The Bertz CT molecular complexity index is 518. The van der Waals surface area contributed by atoms with Crippen LogP contribution in [0.2, 0.25) is 0 Å². The molecule has 5 nitrogen and oxygen atoms in total. The third kappa shape index (κ3) is 3.71. The molecular formula is C14H23N3O2S. The van der Waals surface area contributed by atoms with Crippen LogP contribution >= 0.6 is 0 Å². The van der Waals surface area contributed by atoms with Crippen LogP contribution in [0.15, 0.2) is 29.2 Å². The molecular weight excluding hydrogens is 274 g/mol. The fourth-order valence-electron chi connectivity index (χ4n) is 2.33. The standard InChI is InChI=1S/C14H23N3O2S/c1-17(2)20(18,19)14-7-5-13(6-8-14)16-12-4-3-10-15-11-9-12/h5-8,12,15-16H,3-4,9-11H2,1-2H3. The summed E-state index contributed by atoms with van der Waals surface area (Å²) in [6.07, 6.45) is 3.41. The van der Waals surface area contributed by atoms with Crippen molar-refractivity contribution in [2.24, 2.45) is 0 Å². The van der Waals surface area contributed by atoms with Crippen LogP contribution in [0.1, 0.15) is 19.3 Å². The first-order valence-corrected chi connectivity index (χ1v) is 8.44. The summed E-state index contributed by atoms with van der Waals surface area (Å²) in [7, 11) is -0.254. The SMILES string of the molecule is CN(C)S(=O)(=O)c1ccc(NC2CCCNCC2)cc1. The minimum Gasteiger partial charge on any atom is -0.382 e. The van der Waals surface area contributed by atoms with E-state index in [2.05, 4.69) is 10.6 Å². The number of benzene rings is 1. The van der Waals surface area contributed by atoms with E-state index in [1.54, 1.807) is 26.2 Å². The topological polar surface area (TPSA) is 61.4 Å². The zero-order valence-corrected chi connectivity index (χ0v) is 12.9. The fourth-order valence-corrected chi connectivity index (χ4v) is 3.23. The van der Waals surface area contributed by atoms with E-state index < -0.39 is 10.0 Å². The van der Waals surface area contributed by atoms with Crippen molar-refractivity contribution in [3.8, 4) is 0 Å². The largest absolute Gasteiger partial charge is 0.382 e. The van der Waals surface area contributed by atoms with Crippen molar-refractivity contribution in [3.63, 3.8) is 0 Å². The molecule has 0 radical (unpaired) electrons. The molecule has 2 N–H and O–H groups in total. The van der Waals surface area contributed by atoms with Gasteiger partial charge in [0, 0.05) is 25.8 Å². The van der Waals surface area contributed by atoms with Crippen molar-refractivity contribution in [2.45, 2.75) is 30.2 Å². The lowest BCUT2D eigenvalue weighted by molar-refractivity contribution is 0.521. The Labute approximate surface area is 121 Å². The van der Waals surface area contributed by atoms with Gasteiger partial charge in [-0.1, -0.05) is 0 Å². The van der Waals surface area contributed by atoms with Gasteiger partial charge in [0.05, 0.1) is 4.90 Å². The maximum atomic E-state index is 12.0. The Morgan fingerprint density at radius 3 is 2.50 bits per heavy atom. The van der Waals surface area contributed by atoms with Gasteiger partial charge < -0.3 is 10.6 Å². The molecule has 0 aromatic heterocycles. The summed E-state index contributed by atoms with van der Waals surface area (Å²) in [4.78, 5) is 0.329. The molecule has 20 heavy (non-hydrogen) atoms. The van der Waals surface area contributed by atoms with E-state index in [1.807, 2.05) is 12.1 Å². The van der Waals surface area contributed by atoms with Crippen molar-refractivity contribution >= 4 is 15.7 Å². The van der Waals surface area contributed by atoms with Crippen LogP contribution in [0.25, 0.3) is 0 Å². The van der Waals surface area contributed by atoms with Gasteiger partial charge in [-0.15, -0.1) is 0 Å². The van der Waals surface area contributed by atoms with Crippen LogP contribution in [0.5, 0.6) is 0 Å². The highest BCUT2D eigenvalue weighted by molar-refractivity contribution is 7.89. The average molecular weight is 297 g/mol. The Morgan fingerprint density at radius 2 is 1.85 bits per heavy atom. The summed E-state index contributed by atoms with van der Waals surface area (Å²) >= 11 is 0. The predicted octanol–water partition coefficient (Wildman–Crippen LogP) is 1.49. The summed E-state index contributed by atoms with van der Waals surface area (Å²) < 4.78 is 25.2. The molecule has 1 aliphatic rings. The molecule has 0 amide bonds. The number of nitrogens with one attached hydrogen (secondary N) is 2. The second-order valence-electron chi connectivity index (χ2n) is 5.33. The van der Waals surface area contributed by atoms with Crippen molar-refractivity contribution in [2.75, 3.05) is 32.5 Å². The minimum atomic E-state index is -3.34. The Morgan fingerprint density at radius 1 is 1.15 bits per heavy atom.